The van der Waals surface area contributed by atoms with Gasteiger partial charge in [-0.1, -0.05) is 31.5 Å². The summed E-state index contributed by atoms with van der Waals surface area (Å²) in [4.78, 5) is 0. The molecule has 3 nitrogen and oxygen atoms in total. The second-order valence-corrected chi connectivity index (χ2v) is 3.98. The Balaban J connectivity index is 2.79. The number of aliphatic hydroxyl groups is 1. The zero-order valence-corrected chi connectivity index (χ0v) is 10.2. The van der Waals surface area contributed by atoms with E-state index in [0.717, 1.165) is 24.2 Å². The molecule has 92 valence electrons. The molecule has 17 heavy (non-hydrogen) atoms. The van der Waals surface area contributed by atoms with E-state index in [9.17, 15) is 5.11 Å². The van der Waals surface area contributed by atoms with Crippen LogP contribution < -0.4 is 4.74 Å². The lowest BCUT2D eigenvalue weighted by Crippen LogP contribution is -2.07. The number of ether oxygens (including phenoxy) is 1. The summed E-state index contributed by atoms with van der Waals surface area (Å²) >= 11 is 0. The smallest absolute Gasteiger partial charge is 0.122 e. The molecule has 0 fully saturated rings. The maximum Gasteiger partial charge on any atom is 0.122 e. The van der Waals surface area contributed by atoms with Crippen molar-refractivity contribution in [1.29, 1.82) is 5.26 Å². The van der Waals surface area contributed by atoms with Crippen LogP contribution in [-0.2, 0) is 0 Å². The fraction of sp³-hybridized carbons (Fsp3) is 0.500. The lowest BCUT2D eigenvalue weighted by molar-refractivity contribution is 0.257. The summed E-state index contributed by atoms with van der Waals surface area (Å²) in [5.74, 6) is 0.632. The van der Waals surface area contributed by atoms with Crippen LogP contribution >= 0.6 is 0 Å². The van der Waals surface area contributed by atoms with E-state index in [1.54, 1.807) is 0 Å². The van der Waals surface area contributed by atoms with Crippen molar-refractivity contribution in [3.63, 3.8) is 0 Å². The van der Waals surface area contributed by atoms with E-state index in [-0.39, 0.29) is 12.5 Å². The molecule has 0 aliphatic carbocycles. The first-order valence-corrected chi connectivity index (χ1v) is 6.03. The van der Waals surface area contributed by atoms with Gasteiger partial charge in [0.05, 0.1) is 19.3 Å². The van der Waals surface area contributed by atoms with Gasteiger partial charge in [0, 0.05) is 17.9 Å². The Labute approximate surface area is 103 Å². The van der Waals surface area contributed by atoms with Gasteiger partial charge in [-0.15, -0.1) is 0 Å². The van der Waals surface area contributed by atoms with Crippen molar-refractivity contribution in [1.82, 2.24) is 0 Å². The van der Waals surface area contributed by atoms with E-state index in [1.807, 2.05) is 24.3 Å². The second-order valence-electron chi connectivity index (χ2n) is 3.98. The largest absolute Gasteiger partial charge is 0.493 e. The van der Waals surface area contributed by atoms with Crippen LogP contribution in [0.2, 0.25) is 0 Å². The average Bonchev–Trinajstić information content (AvgIpc) is 2.37. The normalized spacial score (nSPS) is 11.8. The summed E-state index contributed by atoms with van der Waals surface area (Å²) in [5, 5.41) is 18.0. The Hall–Kier alpha value is -1.53. The van der Waals surface area contributed by atoms with Crippen LogP contribution in [0.1, 0.15) is 37.7 Å². The molecule has 0 aliphatic heterocycles. The van der Waals surface area contributed by atoms with Gasteiger partial charge in [-0.25, -0.2) is 0 Å². The number of nitrogens with zero attached hydrogens (tertiary/aromatic N) is 1. The third kappa shape index (κ3) is 4.08. The molecular weight excluding hydrogens is 214 g/mol. The third-order valence-corrected chi connectivity index (χ3v) is 2.67. The molecular formula is C14H19NO2. The van der Waals surface area contributed by atoms with Crippen LogP contribution in [0.5, 0.6) is 5.75 Å². The summed E-state index contributed by atoms with van der Waals surface area (Å²) in [5.41, 5.74) is 0.924. The van der Waals surface area contributed by atoms with Crippen molar-refractivity contribution in [3.8, 4) is 11.8 Å². The molecule has 0 heterocycles. The standard InChI is InChI=1S/C14H19NO2/c1-2-3-10-17-14-7-5-4-6-13(14)12(11-16)8-9-15/h4-7,12,16H,2-3,8,10-11H2,1H3/t12-/m0/s1. The number of aliphatic hydroxyl groups excluding tert-OH is 1. The Morgan fingerprint density at radius 2 is 2.18 bits per heavy atom. The minimum absolute atomic E-state index is 0.0261. The molecule has 1 aromatic carbocycles. The molecule has 0 aliphatic rings. The van der Waals surface area contributed by atoms with Crippen LogP contribution in [0.15, 0.2) is 24.3 Å². The van der Waals surface area contributed by atoms with Crippen molar-refractivity contribution in [3.05, 3.63) is 29.8 Å². The predicted octanol–water partition coefficient (Wildman–Crippen LogP) is 2.86. The van der Waals surface area contributed by atoms with Gasteiger partial charge in [-0.3, -0.25) is 0 Å². The molecule has 0 bridgehead atoms. The fourth-order valence-corrected chi connectivity index (χ4v) is 1.66. The number of hydrogen-bond donors (Lipinski definition) is 1. The van der Waals surface area contributed by atoms with Crippen molar-refractivity contribution < 1.29 is 9.84 Å². The minimum Gasteiger partial charge on any atom is -0.493 e. The van der Waals surface area contributed by atoms with Gasteiger partial charge in [-0.05, 0) is 12.5 Å². The first-order chi connectivity index (χ1) is 8.33. The highest BCUT2D eigenvalue weighted by molar-refractivity contribution is 5.36. The zero-order valence-electron chi connectivity index (χ0n) is 10.2. The number of nitriles is 1. The molecule has 1 N–H and O–H groups in total. The maximum atomic E-state index is 9.30. The molecule has 1 atom stereocenters. The lowest BCUT2D eigenvalue weighted by Gasteiger charge is -2.16. The number of benzene rings is 1. The minimum atomic E-state index is -0.155. The van der Waals surface area contributed by atoms with Crippen LogP contribution in [-0.4, -0.2) is 18.3 Å². The van der Waals surface area contributed by atoms with E-state index >= 15 is 0 Å². The molecule has 0 aromatic heterocycles. The molecule has 0 spiro atoms. The number of rotatable bonds is 7. The van der Waals surface area contributed by atoms with Crippen LogP contribution in [0, 0.1) is 11.3 Å². The van der Waals surface area contributed by atoms with Crippen LogP contribution in [0.25, 0.3) is 0 Å². The topological polar surface area (TPSA) is 53.2 Å². The summed E-state index contributed by atoms with van der Waals surface area (Å²) in [6, 6.07) is 9.72. The van der Waals surface area contributed by atoms with E-state index in [2.05, 4.69) is 13.0 Å². The summed E-state index contributed by atoms with van der Waals surface area (Å²) in [6.07, 6.45) is 2.41. The maximum absolute atomic E-state index is 9.30. The van der Waals surface area contributed by atoms with Gasteiger partial charge < -0.3 is 9.84 Å². The molecule has 3 heteroatoms. The molecule has 1 aromatic rings. The van der Waals surface area contributed by atoms with Gasteiger partial charge in [0.25, 0.3) is 0 Å². The highest BCUT2D eigenvalue weighted by atomic mass is 16.5. The highest BCUT2D eigenvalue weighted by Crippen LogP contribution is 2.28. The Morgan fingerprint density at radius 3 is 2.82 bits per heavy atom. The summed E-state index contributed by atoms with van der Waals surface area (Å²) in [6.45, 7) is 2.77. The van der Waals surface area contributed by atoms with Gasteiger partial charge >= 0.3 is 0 Å². The van der Waals surface area contributed by atoms with Crippen molar-refractivity contribution in [2.24, 2.45) is 0 Å². The quantitative estimate of drug-likeness (QED) is 0.737. The summed E-state index contributed by atoms with van der Waals surface area (Å²) in [7, 11) is 0. The molecule has 1 rings (SSSR count). The van der Waals surface area contributed by atoms with Crippen LogP contribution in [0.4, 0.5) is 0 Å². The van der Waals surface area contributed by atoms with Gasteiger partial charge in [-0.2, -0.15) is 5.26 Å². The first-order valence-electron chi connectivity index (χ1n) is 6.03. The second kappa shape index (κ2) is 7.70. The Bertz CT molecular complexity index is 371. The SMILES string of the molecule is CCCCOc1ccccc1[C@H](CO)CC#N. The van der Waals surface area contributed by atoms with E-state index in [4.69, 9.17) is 10.00 Å². The molecule has 0 unspecified atom stereocenters. The Morgan fingerprint density at radius 1 is 1.41 bits per heavy atom. The highest BCUT2D eigenvalue weighted by Gasteiger charge is 2.14. The fourth-order valence-electron chi connectivity index (χ4n) is 1.66. The molecule has 0 saturated carbocycles. The van der Waals surface area contributed by atoms with Gasteiger partial charge in [0.1, 0.15) is 5.75 Å². The monoisotopic (exact) mass is 233 g/mol. The number of hydrogen-bond acceptors (Lipinski definition) is 3. The molecule has 0 radical (unpaired) electrons. The third-order valence-electron chi connectivity index (χ3n) is 2.67. The molecule has 0 saturated heterocycles. The zero-order chi connectivity index (χ0) is 12.5. The van der Waals surface area contributed by atoms with Gasteiger partial charge in [0.2, 0.25) is 0 Å². The Kier molecular flexibility index (Phi) is 6.13. The van der Waals surface area contributed by atoms with Crippen molar-refractivity contribution in [2.75, 3.05) is 13.2 Å². The molecule has 0 amide bonds. The van der Waals surface area contributed by atoms with Gasteiger partial charge in [0.15, 0.2) is 0 Å². The number of unbranched alkanes of at least 4 members (excludes halogenated alkanes) is 1. The van der Waals surface area contributed by atoms with E-state index in [0.29, 0.717) is 13.0 Å². The van der Waals surface area contributed by atoms with E-state index in [1.165, 1.54) is 0 Å². The lowest BCUT2D eigenvalue weighted by atomic mass is 9.96. The van der Waals surface area contributed by atoms with E-state index < -0.39 is 0 Å². The number of para-hydroxylation sites is 1. The predicted molar refractivity (Wildman–Crippen MR) is 66.9 cm³/mol. The van der Waals surface area contributed by atoms with Crippen molar-refractivity contribution >= 4 is 0 Å². The van der Waals surface area contributed by atoms with Crippen molar-refractivity contribution in [2.45, 2.75) is 32.1 Å². The van der Waals surface area contributed by atoms with Crippen LogP contribution in [0.3, 0.4) is 0 Å². The first kappa shape index (κ1) is 13.5. The average molecular weight is 233 g/mol. The summed E-state index contributed by atoms with van der Waals surface area (Å²) < 4.78 is 5.69.